The summed E-state index contributed by atoms with van der Waals surface area (Å²) in [7, 11) is 0. The second-order valence-corrected chi connectivity index (χ2v) is 6.33. The monoisotopic (exact) mass is 314 g/mol. The number of carbonyl (C=O) groups excluding carboxylic acids is 2. The third-order valence-corrected chi connectivity index (χ3v) is 4.63. The molecule has 1 fully saturated rings. The number of hydrogen-bond donors (Lipinski definition) is 1. The smallest absolute Gasteiger partial charge is 0.258 e. The fourth-order valence-electron chi connectivity index (χ4n) is 3.43. The summed E-state index contributed by atoms with van der Waals surface area (Å²) in [6.45, 7) is 4.50. The lowest BCUT2D eigenvalue weighted by atomic mass is 9.89. The van der Waals surface area contributed by atoms with Gasteiger partial charge >= 0.3 is 0 Å². The highest BCUT2D eigenvalue weighted by atomic mass is 16.5. The summed E-state index contributed by atoms with van der Waals surface area (Å²) in [6, 6.07) is 5.39. The molecule has 2 aliphatic rings. The highest BCUT2D eigenvalue weighted by Gasteiger charge is 2.33. The van der Waals surface area contributed by atoms with Crippen LogP contribution < -0.4 is 15.4 Å². The van der Waals surface area contributed by atoms with Crippen LogP contribution >= 0.6 is 0 Å². The number of nitrogens with zero attached hydrogens (tertiary/aromatic N) is 1. The summed E-state index contributed by atoms with van der Waals surface area (Å²) < 4.78 is 5.32. The summed E-state index contributed by atoms with van der Waals surface area (Å²) in [5, 5.41) is 0. The molecule has 0 bridgehead atoms. The number of primary amides is 1. The molecule has 1 heterocycles. The van der Waals surface area contributed by atoms with E-state index in [1.165, 1.54) is 32.1 Å². The van der Waals surface area contributed by atoms with Crippen LogP contribution in [0.4, 0.5) is 5.69 Å². The van der Waals surface area contributed by atoms with E-state index >= 15 is 0 Å². The van der Waals surface area contributed by atoms with Crippen molar-refractivity contribution in [2.45, 2.75) is 32.1 Å². The fourth-order valence-corrected chi connectivity index (χ4v) is 3.43. The number of fused-ring (bicyclic) bond motifs is 1. The lowest BCUT2D eigenvalue weighted by molar-refractivity contribution is -0.120. The molecule has 0 aromatic heterocycles. The largest absolute Gasteiger partial charge is 0.484 e. The van der Waals surface area contributed by atoms with Crippen LogP contribution in [0.1, 0.15) is 37.7 Å². The van der Waals surface area contributed by atoms with Crippen LogP contribution in [0.2, 0.25) is 0 Å². The van der Waals surface area contributed by atoms with Gasteiger partial charge in [-0.25, -0.2) is 0 Å². The first-order chi connectivity index (χ1) is 11.1. The van der Waals surface area contributed by atoms with E-state index in [2.05, 4.69) is 6.58 Å². The predicted octanol–water partition coefficient (Wildman–Crippen LogP) is 2.49. The van der Waals surface area contributed by atoms with Gasteiger partial charge in [-0.2, -0.15) is 0 Å². The van der Waals surface area contributed by atoms with Crippen molar-refractivity contribution >= 4 is 23.1 Å². The highest BCUT2D eigenvalue weighted by Crippen LogP contribution is 2.39. The standard InChI is InChI=1S/C18H22N2O3/c1-12-15-9-14(23-11-17(19)21)7-8-16(15)20(18(12)22)10-13-5-3-2-4-6-13/h7-9,13H,1-6,10-11H2,(H2,19,21). The Bertz CT molecular complexity index is 648. The Labute approximate surface area is 136 Å². The Morgan fingerprint density at radius 2 is 2.04 bits per heavy atom. The van der Waals surface area contributed by atoms with Gasteiger partial charge < -0.3 is 15.4 Å². The fraction of sp³-hybridized carbons (Fsp3) is 0.444. The number of hydrogen-bond acceptors (Lipinski definition) is 3. The lowest BCUT2D eigenvalue weighted by Crippen LogP contribution is -2.32. The van der Waals surface area contributed by atoms with Crippen molar-refractivity contribution in [3.8, 4) is 5.75 Å². The molecule has 2 amide bonds. The van der Waals surface area contributed by atoms with Crippen molar-refractivity contribution in [1.82, 2.24) is 0 Å². The third kappa shape index (κ3) is 3.23. The van der Waals surface area contributed by atoms with Gasteiger partial charge in [0.25, 0.3) is 11.8 Å². The van der Waals surface area contributed by atoms with Crippen LogP contribution in [0.15, 0.2) is 24.8 Å². The minimum atomic E-state index is -0.528. The molecule has 23 heavy (non-hydrogen) atoms. The first-order valence-corrected chi connectivity index (χ1v) is 8.12. The maximum Gasteiger partial charge on any atom is 0.258 e. The number of ether oxygens (including phenoxy) is 1. The molecule has 1 aromatic carbocycles. The molecule has 1 aliphatic carbocycles. The van der Waals surface area contributed by atoms with Gasteiger partial charge in [0.05, 0.1) is 5.69 Å². The van der Waals surface area contributed by atoms with Crippen molar-refractivity contribution in [3.63, 3.8) is 0 Å². The number of anilines is 1. The maximum atomic E-state index is 12.5. The number of nitrogens with two attached hydrogens (primary N) is 1. The SMILES string of the molecule is C=C1C(=O)N(CC2CCCCC2)c2ccc(OCC(N)=O)cc21. The average molecular weight is 314 g/mol. The summed E-state index contributed by atoms with van der Waals surface area (Å²) in [4.78, 5) is 25.2. The Morgan fingerprint density at radius 1 is 1.30 bits per heavy atom. The van der Waals surface area contributed by atoms with E-state index in [-0.39, 0.29) is 12.5 Å². The van der Waals surface area contributed by atoms with Crippen molar-refractivity contribution in [2.24, 2.45) is 11.7 Å². The summed E-state index contributed by atoms with van der Waals surface area (Å²) >= 11 is 0. The van der Waals surface area contributed by atoms with Gasteiger partial charge in [0, 0.05) is 17.7 Å². The number of benzene rings is 1. The maximum absolute atomic E-state index is 12.5. The van der Waals surface area contributed by atoms with Crippen molar-refractivity contribution in [2.75, 3.05) is 18.1 Å². The number of carbonyl (C=O) groups is 2. The minimum Gasteiger partial charge on any atom is -0.484 e. The van der Waals surface area contributed by atoms with Gasteiger partial charge in [-0.15, -0.1) is 0 Å². The molecule has 5 nitrogen and oxygen atoms in total. The van der Waals surface area contributed by atoms with Gasteiger partial charge in [0.2, 0.25) is 0 Å². The first kappa shape index (κ1) is 15.6. The zero-order valence-corrected chi connectivity index (χ0v) is 13.2. The van der Waals surface area contributed by atoms with Gasteiger partial charge in [-0.05, 0) is 37.0 Å². The van der Waals surface area contributed by atoms with E-state index in [4.69, 9.17) is 10.5 Å². The highest BCUT2D eigenvalue weighted by molar-refractivity contribution is 6.32. The van der Waals surface area contributed by atoms with E-state index in [9.17, 15) is 9.59 Å². The van der Waals surface area contributed by atoms with Crippen LogP contribution in [0.5, 0.6) is 5.75 Å². The molecule has 0 saturated heterocycles. The molecular formula is C18H22N2O3. The molecule has 1 aromatic rings. The molecule has 0 atom stereocenters. The second kappa shape index (κ2) is 6.44. The minimum absolute atomic E-state index is 0.0300. The number of amides is 2. The van der Waals surface area contributed by atoms with Gasteiger partial charge in [-0.3, -0.25) is 9.59 Å². The van der Waals surface area contributed by atoms with Crippen LogP contribution in [-0.2, 0) is 9.59 Å². The zero-order chi connectivity index (χ0) is 16.4. The third-order valence-electron chi connectivity index (χ3n) is 4.63. The van der Waals surface area contributed by atoms with Crippen molar-refractivity contribution < 1.29 is 14.3 Å². The van der Waals surface area contributed by atoms with E-state index < -0.39 is 5.91 Å². The molecule has 2 N–H and O–H groups in total. The van der Waals surface area contributed by atoms with Crippen molar-refractivity contribution in [3.05, 3.63) is 30.3 Å². The molecule has 5 heteroatoms. The topological polar surface area (TPSA) is 72.6 Å². The zero-order valence-electron chi connectivity index (χ0n) is 13.2. The molecule has 122 valence electrons. The van der Waals surface area contributed by atoms with Gasteiger partial charge in [0.15, 0.2) is 6.61 Å². The lowest BCUT2D eigenvalue weighted by Gasteiger charge is -2.27. The molecule has 0 unspecified atom stereocenters. The van der Waals surface area contributed by atoms with Crippen LogP contribution in [0.25, 0.3) is 5.57 Å². The van der Waals surface area contributed by atoms with Crippen LogP contribution in [0.3, 0.4) is 0 Å². The van der Waals surface area contributed by atoms with Gasteiger partial charge in [-0.1, -0.05) is 25.8 Å². The van der Waals surface area contributed by atoms with E-state index in [1.54, 1.807) is 12.1 Å². The normalized spacial score (nSPS) is 18.2. The second-order valence-electron chi connectivity index (χ2n) is 6.33. The summed E-state index contributed by atoms with van der Waals surface area (Å²) in [5.74, 6) is 0.533. The number of rotatable bonds is 5. The molecule has 1 saturated carbocycles. The molecule has 0 spiro atoms. The van der Waals surface area contributed by atoms with Crippen molar-refractivity contribution in [1.29, 1.82) is 0 Å². The Hall–Kier alpha value is -2.30. The Morgan fingerprint density at radius 3 is 2.74 bits per heavy atom. The van der Waals surface area contributed by atoms with E-state index in [1.807, 2.05) is 11.0 Å². The quantitative estimate of drug-likeness (QED) is 0.849. The van der Waals surface area contributed by atoms with Gasteiger partial charge in [0.1, 0.15) is 5.75 Å². The molecule has 3 rings (SSSR count). The molecular weight excluding hydrogens is 292 g/mol. The van der Waals surface area contributed by atoms with E-state index in [0.717, 1.165) is 17.8 Å². The van der Waals surface area contributed by atoms with Crippen LogP contribution in [-0.4, -0.2) is 25.0 Å². The average Bonchev–Trinajstić information content (AvgIpc) is 2.79. The summed E-state index contributed by atoms with van der Waals surface area (Å²) in [6.07, 6.45) is 6.17. The van der Waals surface area contributed by atoms with Crippen LogP contribution in [0, 0.1) is 5.92 Å². The summed E-state index contributed by atoms with van der Waals surface area (Å²) in [5.41, 5.74) is 7.24. The Kier molecular flexibility index (Phi) is 4.37. The van der Waals surface area contributed by atoms with E-state index in [0.29, 0.717) is 17.2 Å². The first-order valence-electron chi connectivity index (χ1n) is 8.12. The molecule has 1 aliphatic heterocycles. The molecule has 0 radical (unpaired) electrons. The predicted molar refractivity (Wildman–Crippen MR) is 89.1 cm³/mol. The Balaban J connectivity index is 1.79.